The van der Waals surface area contributed by atoms with Crippen molar-refractivity contribution in [1.82, 2.24) is 4.72 Å². The maximum atomic E-state index is 12.2. The van der Waals surface area contributed by atoms with Gasteiger partial charge in [-0.3, -0.25) is 0 Å². The largest absolute Gasteiger partial charge is 0.497 e. The van der Waals surface area contributed by atoms with Gasteiger partial charge in [0.1, 0.15) is 11.5 Å². The molecule has 2 aromatic rings. The fraction of sp³-hybridized carbons (Fsp3) is 0.250. The summed E-state index contributed by atoms with van der Waals surface area (Å²) in [5.41, 5.74) is 0.930. The Morgan fingerprint density at radius 1 is 1.00 bits per heavy atom. The van der Waals surface area contributed by atoms with Crippen molar-refractivity contribution >= 4 is 26.0 Å². The predicted molar refractivity (Wildman–Crippen MR) is 92.6 cm³/mol. The molecule has 0 aliphatic heterocycles. The third-order valence-electron chi connectivity index (χ3n) is 3.24. The summed E-state index contributed by atoms with van der Waals surface area (Å²) >= 11 is 3.28. The molecule has 0 radical (unpaired) electrons. The Balaban J connectivity index is 2.03. The lowest BCUT2D eigenvalue weighted by atomic mass is 10.1. The lowest BCUT2D eigenvalue weighted by molar-refractivity contribution is 0.393. The second-order valence-electron chi connectivity index (χ2n) is 4.82. The van der Waals surface area contributed by atoms with Crippen molar-refractivity contribution in [2.24, 2.45) is 0 Å². The highest BCUT2D eigenvalue weighted by Gasteiger charge is 2.13. The topological polar surface area (TPSA) is 64.6 Å². The van der Waals surface area contributed by atoms with Crippen LogP contribution in [0.5, 0.6) is 11.5 Å². The maximum absolute atomic E-state index is 12.2. The van der Waals surface area contributed by atoms with Gasteiger partial charge in [-0.25, -0.2) is 13.1 Å². The lowest BCUT2D eigenvalue weighted by Crippen LogP contribution is -2.26. The van der Waals surface area contributed by atoms with E-state index in [9.17, 15) is 8.42 Å². The zero-order valence-electron chi connectivity index (χ0n) is 12.9. The molecular formula is C16H18BrNO4S. The highest BCUT2D eigenvalue weighted by atomic mass is 79.9. The molecule has 2 rings (SSSR count). The molecule has 0 aliphatic carbocycles. The predicted octanol–water partition coefficient (Wildman–Crippen LogP) is 2.99. The molecule has 0 bridgehead atoms. The minimum absolute atomic E-state index is 0.240. The van der Waals surface area contributed by atoms with Crippen LogP contribution in [0.1, 0.15) is 5.56 Å². The van der Waals surface area contributed by atoms with Crippen LogP contribution in [0.25, 0.3) is 0 Å². The number of hydrogen-bond donors (Lipinski definition) is 1. The number of nitrogens with one attached hydrogen (secondary N) is 1. The van der Waals surface area contributed by atoms with E-state index in [2.05, 4.69) is 20.7 Å². The summed E-state index contributed by atoms with van der Waals surface area (Å²) in [7, 11) is -0.356. The lowest BCUT2D eigenvalue weighted by Gasteiger charge is -2.10. The van der Waals surface area contributed by atoms with Gasteiger partial charge in [0, 0.05) is 17.1 Å². The summed E-state index contributed by atoms with van der Waals surface area (Å²) in [5.74, 6) is 1.35. The summed E-state index contributed by atoms with van der Waals surface area (Å²) in [4.78, 5) is 0.240. The number of hydrogen-bond acceptors (Lipinski definition) is 4. The molecule has 0 saturated carbocycles. The van der Waals surface area contributed by atoms with Crippen LogP contribution in [0, 0.1) is 0 Å². The molecule has 0 amide bonds. The fourth-order valence-electron chi connectivity index (χ4n) is 2.04. The Morgan fingerprint density at radius 3 is 2.09 bits per heavy atom. The van der Waals surface area contributed by atoms with Gasteiger partial charge in [0.2, 0.25) is 10.0 Å². The first kappa shape index (κ1) is 17.8. The monoisotopic (exact) mass is 399 g/mol. The Hall–Kier alpha value is -1.57. The van der Waals surface area contributed by atoms with Crippen molar-refractivity contribution in [3.63, 3.8) is 0 Å². The van der Waals surface area contributed by atoms with Crippen LogP contribution in [0.15, 0.2) is 51.8 Å². The average molecular weight is 400 g/mol. The molecule has 0 spiro atoms. The number of methoxy groups -OCH3 is 2. The molecule has 1 N–H and O–H groups in total. The van der Waals surface area contributed by atoms with E-state index in [0.29, 0.717) is 17.9 Å². The molecule has 0 atom stereocenters. The minimum Gasteiger partial charge on any atom is -0.497 e. The van der Waals surface area contributed by atoms with Gasteiger partial charge in [0.15, 0.2) is 0 Å². The quantitative estimate of drug-likeness (QED) is 0.776. The molecule has 124 valence electrons. The standard InChI is InChI=1S/C16H18BrNO4S/c1-21-14-9-12(10-15(11-14)22-2)7-8-18-23(19,20)16-5-3-13(17)4-6-16/h3-6,9-11,18H,7-8H2,1-2H3. The van der Waals surface area contributed by atoms with Crippen molar-refractivity contribution in [3.05, 3.63) is 52.5 Å². The molecular weight excluding hydrogens is 382 g/mol. The number of benzene rings is 2. The van der Waals surface area contributed by atoms with E-state index >= 15 is 0 Å². The van der Waals surface area contributed by atoms with Gasteiger partial charge in [-0.1, -0.05) is 15.9 Å². The SMILES string of the molecule is COc1cc(CCNS(=O)(=O)c2ccc(Br)cc2)cc(OC)c1. The van der Waals surface area contributed by atoms with Crippen molar-refractivity contribution in [2.75, 3.05) is 20.8 Å². The Bertz CT molecular complexity index is 738. The van der Waals surface area contributed by atoms with Gasteiger partial charge in [-0.15, -0.1) is 0 Å². The summed E-state index contributed by atoms with van der Waals surface area (Å²) in [6.07, 6.45) is 0.531. The Kier molecular flexibility index (Phi) is 6.04. The van der Waals surface area contributed by atoms with Gasteiger partial charge in [-0.2, -0.15) is 0 Å². The normalized spacial score (nSPS) is 11.3. The number of ether oxygens (including phenoxy) is 2. The summed E-state index contributed by atoms with van der Waals surface area (Å²) in [6.45, 7) is 0.286. The molecule has 5 nitrogen and oxygen atoms in total. The van der Waals surface area contributed by atoms with Crippen molar-refractivity contribution in [2.45, 2.75) is 11.3 Å². The molecule has 23 heavy (non-hydrogen) atoms. The van der Waals surface area contributed by atoms with Gasteiger partial charge < -0.3 is 9.47 Å². The van der Waals surface area contributed by atoms with Crippen molar-refractivity contribution < 1.29 is 17.9 Å². The van der Waals surface area contributed by atoms with Crippen LogP contribution in [0.2, 0.25) is 0 Å². The van der Waals surface area contributed by atoms with E-state index in [4.69, 9.17) is 9.47 Å². The number of halogens is 1. The summed E-state index contributed by atoms with van der Waals surface area (Å²) in [5, 5.41) is 0. The molecule has 0 unspecified atom stereocenters. The molecule has 0 heterocycles. The van der Waals surface area contributed by atoms with E-state index in [1.165, 1.54) is 0 Å². The molecule has 0 saturated heterocycles. The zero-order valence-corrected chi connectivity index (χ0v) is 15.3. The van der Waals surface area contributed by atoms with Crippen LogP contribution >= 0.6 is 15.9 Å². The highest BCUT2D eigenvalue weighted by molar-refractivity contribution is 9.10. The van der Waals surface area contributed by atoms with Crippen molar-refractivity contribution in [1.29, 1.82) is 0 Å². The van der Waals surface area contributed by atoms with Crippen LogP contribution in [-0.2, 0) is 16.4 Å². The minimum atomic E-state index is -3.51. The zero-order chi connectivity index (χ0) is 16.9. The van der Waals surface area contributed by atoms with Crippen molar-refractivity contribution in [3.8, 4) is 11.5 Å². The van der Waals surface area contributed by atoms with E-state index < -0.39 is 10.0 Å². The second kappa shape index (κ2) is 7.81. The van der Waals surface area contributed by atoms with E-state index in [1.807, 2.05) is 12.1 Å². The van der Waals surface area contributed by atoms with E-state index in [1.54, 1.807) is 44.6 Å². The third kappa shape index (κ3) is 4.95. The first-order valence-electron chi connectivity index (χ1n) is 6.92. The van der Waals surface area contributed by atoms with Gasteiger partial charge in [0.25, 0.3) is 0 Å². The van der Waals surface area contributed by atoms with Crippen LogP contribution in [-0.4, -0.2) is 29.2 Å². The Morgan fingerprint density at radius 2 is 1.57 bits per heavy atom. The smallest absolute Gasteiger partial charge is 0.240 e. The summed E-state index contributed by atoms with van der Waals surface area (Å²) < 4.78 is 38.2. The number of rotatable bonds is 7. The average Bonchev–Trinajstić information content (AvgIpc) is 2.54. The number of sulfonamides is 1. The maximum Gasteiger partial charge on any atom is 0.240 e. The molecule has 0 aliphatic rings. The second-order valence-corrected chi connectivity index (χ2v) is 7.51. The van der Waals surface area contributed by atoms with Gasteiger partial charge in [0.05, 0.1) is 19.1 Å². The van der Waals surface area contributed by atoms with Crippen LogP contribution in [0.3, 0.4) is 0 Å². The van der Waals surface area contributed by atoms with Gasteiger partial charge in [-0.05, 0) is 48.4 Å². The van der Waals surface area contributed by atoms with E-state index in [-0.39, 0.29) is 11.4 Å². The third-order valence-corrected chi connectivity index (χ3v) is 5.25. The Labute approximate surface area is 144 Å². The molecule has 0 fully saturated rings. The van der Waals surface area contributed by atoms with E-state index in [0.717, 1.165) is 10.0 Å². The molecule has 2 aromatic carbocycles. The summed E-state index contributed by atoms with van der Waals surface area (Å²) in [6, 6.07) is 12.0. The molecule has 0 aromatic heterocycles. The first-order chi connectivity index (χ1) is 10.9. The first-order valence-corrected chi connectivity index (χ1v) is 9.19. The van der Waals surface area contributed by atoms with Crippen LogP contribution < -0.4 is 14.2 Å². The molecule has 7 heteroatoms. The van der Waals surface area contributed by atoms with Crippen LogP contribution in [0.4, 0.5) is 0 Å². The van der Waals surface area contributed by atoms with Gasteiger partial charge >= 0.3 is 0 Å². The highest BCUT2D eigenvalue weighted by Crippen LogP contribution is 2.22. The fourth-order valence-corrected chi connectivity index (χ4v) is 3.33.